The van der Waals surface area contributed by atoms with Gasteiger partial charge in [-0.3, -0.25) is 4.79 Å². The van der Waals surface area contributed by atoms with Crippen LogP contribution in [0.5, 0.6) is 0 Å². The monoisotopic (exact) mass is 351 g/mol. The van der Waals surface area contributed by atoms with Gasteiger partial charge in [0.1, 0.15) is 5.82 Å². The summed E-state index contributed by atoms with van der Waals surface area (Å²) in [6, 6.07) is 0.529. The zero-order chi connectivity index (χ0) is 16.1. The fourth-order valence-electron chi connectivity index (χ4n) is 2.74. The summed E-state index contributed by atoms with van der Waals surface area (Å²) in [6.07, 6.45) is 4.79. The summed E-state index contributed by atoms with van der Waals surface area (Å²) < 4.78 is 3.65. The molecule has 0 unspecified atom stereocenters. The van der Waals surface area contributed by atoms with E-state index in [-0.39, 0.29) is 11.7 Å². The normalized spacial score (nSPS) is 17.7. The van der Waals surface area contributed by atoms with Crippen LogP contribution >= 0.6 is 23.4 Å². The maximum absolute atomic E-state index is 12.4. The Hall–Kier alpha value is -1.34. The summed E-state index contributed by atoms with van der Waals surface area (Å²) in [4.78, 5) is 12.4. The van der Waals surface area contributed by atoms with Crippen LogP contribution in [0, 0.1) is 13.8 Å². The van der Waals surface area contributed by atoms with Crippen LogP contribution in [-0.2, 0) is 0 Å². The molecule has 2 aromatic rings. The molecule has 4 rings (SSSR count). The minimum absolute atomic E-state index is 0.0826. The Morgan fingerprint density at radius 3 is 2.57 bits per heavy atom. The second kappa shape index (κ2) is 5.63. The number of rotatable bonds is 5. The summed E-state index contributed by atoms with van der Waals surface area (Å²) in [6.45, 7) is 3.61. The Balaban J connectivity index is 1.50. The Morgan fingerprint density at radius 2 is 2.00 bits per heavy atom. The topological polar surface area (TPSA) is 65.6 Å². The van der Waals surface area contributed by atoms with Crippen molar-refractivity contribution < 1.29 is 4.79 Å². The van der Waals surface area contributed by atoms with E-state index in [0.717, 1.165) is 11.0 Å². The molecule has 6 nitrogen and oxygen atoms in total. The van der Waals surface area contributed by atoms with Crippen molar-refractivity contribution in [3.8, 4) is 0 Å². The number of halogens is 1. The largest absolute Gasteiger partial charge is 0.303 e. The molecule has 0 bridgehead atoms. The molecule has 2 aliphatic rings. The SMILES string of the molecule is Cc1nn(C(=O)CSc2nnc(C3CC3)n2C2CC2)c(C)c1Cl. The van der Waals surface area contributed by atoms with Gasteiger partial charge in [-0.05, 0) is 39.5 Å². The summed E-state index contributed by atoms with van der Waals surface area (Å²) in [5.41, 5.74) is 1.37. The highest BCUT2D eigenvalue weighted by Gasteiger charge is 2.36. The lowest BCUT2D eigenvalue weighted by molar-refractivity contribution is 0.0923. The van der Waals surface area contributed by atoms with Crippen molar-refractivity contribution in [3.63, 3.8) is 0 Å². The van der Waals surface area contributed by atoms with Crippen molar-refractivity contribution in [3.05, 3.63) is 22.2 Å². The van der Waals surface area contributed by atoms with Gasteiger partial charge >= 0.3 is 0 Å². The van der Waals surface area contributed by atoms with Crippen molar-refractivity contribution >= 4 is 29.3 Å². The van der Waals surface area contributed by atoms with Gasteiger partial charge < -0.3 is 4.57 Å². The lowest BCUT2D eigenvalue weighted by atomic mass is 10.4. The third kappa shape index (κ3) is 2.80. The van der Waals surface area contributed by atoms with Crippen LogP contribution < -0.4 is 0 Å². The molecule has 0 aliphatic heterocycles. The number of thioether (sulfide) groups is 1. The molecule has 0 atom stereocenters. The number of hydrogen-bond donors (Lipinski definition) is 0. The molecular formula is C15H18ClN5OS. The third-order valence-corrected chi connectivity index (χ3v) is 5.78. The van der Waals surface area contributed by atoms with Crippen molar-refractivity contribution in [2.45, 2.75) is 56.6 Å². The fourth-order valence-corrected chi connectivity index (χ4v) is 3.71. The Labute approximate surface area is 143 Å². The molecule has 0 aromatic carbocycles. The smallest absolute Gasteiger partial charge is 0.257 e. The van der Waals surface area contributed by atoms with Crippen LogP contribution in [-0.4, -0.2) is 36.2 Å². The molecule has 2 heterocycles. The summed E-state index contributed by atoms with van der Waals surface area (Å²) >= 11 is 7.55. The van der Waals surface area contributed by atoms with Crippen LogP contribution in [0.1, 0.15) is 59.6 Å². The summed E-state index contributed by atoms with van der Waals surface area (Å²) in [5.74, 6) is 1.88. The highest BCUT2D eigenvalue weighted by atomic mass is 35.5. The maximum atomic E-state index is 12.4. The number of aryl methyl sites for hydroxylation is 1. The predicted octanol–water partition coefficient (Wildman–Crippen LogP) is 3.39. The molecule has 0 saturated heterocycles. The van der Waals surface area contributed by atoms with E-state index >= 15 is 0 Å². The van der Waals surface area contributed by atoms with Crippen molar-refractivity contribution in [2.75, 3.05) is 5.75 Å². The van der Waals surface area contributed by atoms with E-state index in [1.165, 1.54) is 42.1 Å². The molecule has 0 radical (unpaired) electrons. The van der Waals surface area contributed by atoms with E-state index < -0.39 is 0 Å². The molecule has 23 heavy (non-hydrogen) atoms. The minimum Gasteiger partial charge on any atom is -0.303 e. The van der Waals surface area contributed by atoms with Crippen LogP contribution in [0.3, 0.4) is 0 Å². The van der Waals surface area contributed by atoms with Gasteiger partial charge in [0.05, 0.1) is 22.2 Å². The standard InChI is InChI=1S/C15H18ClN5OS/c1-8-13(16)9(2)21(19-8)12(22)7-23-15-18-17-14(10-3-4-10)20(15)11-5-6-11/h10-11H,3-7H2,1-2H3. The minimum atomic E-state index is -0.0826. The van der Waals surface area contributed by atoms with Gasteiger partial charge in [0.15, 0.2) is 5.16 Å². The second-order valence-corrected chi connectivity index (χ2v) is 7.62. The predicted molar refractivity (Wildman–Crippen MR) is 88.3 cm³/mol. The first-order valence-corrected chi connectivity index (χ1v) is 9.25. The van der Waals surface area contributed by atoms with E-state index in [0.29, 0.717) is 28.4 Å². The fraction of sp³-hybridized carbons (Fsp3) is 0.600. The summed E-state index contributed by atoms with van der Waals surface area (Å²) in [5, 5.41) is 14.3. The van der Waals surface area contributed by atoms with E-state index in [1.807, 2.05) is 6.92 Å². The van der Waals surface area contributed by atoms with Crippen molar-refractivity contribution in [1.82, 2.24) is 24.5 Å². The lowest BCUT2D eigenvalue weighted by Crippen LogP contribution is -2.17. The number of hydrogen-bond acceptors (Lipinski definition) is 5. The average molecular weight is 352 g/mol. The zero-order valence-electron chi connectivity index (χ0n) is 13.1. The quantitative estimate of drug-likeness (QED) is 0.772. The molecule has 0 N–H and O–H groups in total. The second-order valence-electron chi connectivity index (χ2n) is 6.30. The van der Waals surface area contributed by atoms with Crippen LogP contribution in [0.15, 0.2) is 5.16 Å². The van der Waals surface area contributed by atoms with Crippen LogP contribution in [0.25, 0.3) is 0 Å². The third-order valence-electron chi connectivity index (χ3n) is 4.31. The van der Waals surface area contributed by atoms with Gasteiger partial charge in [-0.15, -0.1) is 10.2 Å². The van der Waals surface area contributed by atoms with Crippen molar-refractivity contribution in [2.24, 2.45) is 0 Å². The first-order chi connectivity index (χ1) is 11.1. The number of carbonyl (C=O) groups is 1. The van der Waals surface area contributed by atoms with Crippen LogP contribution in [0.2, 0.25) is 5.02 Å². The van der Waals surface area contributed by atoms with E-state index in [1.54, 1.807) is 6.92 Å². The highest BCUT2D eigenvalue weighted by molar-refractivity contribution is 7.99. The van der Waals surface area contributed by atoms with Gasteiger partial charge in [-0.25, -0.2) is 4.68 Å². The molecule has 2 aromatic heterocycles. The number of carbonyl (C=O) groups excluding carboxylic acids is 1. The molecule has 2 saturated carbocycles. The van der Waals surface area contributed by atoms with Gasteiger partial charge in [0.25, 0.3) is 5.91 Å². The van der Waals surface area contributed by atoms with Gasteiger partial charge in [0, 0.05) is 12.0 Å². The lowest BCUT2D eigenvalue weighted by Gasteiger charge is -2.08. The molecule has 2 fully saturated rings. The van der Waals surface area contributed by atoms with Crippen molar-refractivity contribution in [1.29, 1.82) is 0 Å². The van der Waals surface area contributed by atoms with Gasteiger partial charge in [-0.1, -0.05) is 23.4 Å². The molecule has 0 amide bonds. The Bertz CT molecular complexity index is 775. The van der Waals surface area contributed by atoms with Gasteiger partial charge in [-0.2, -0.15) is 5.10 Å². The highest BCUT2D eigenvalue weighted by Crippen LogP contribution is 2.46. The first kappa shape index (κ1) is 15.2. The molecule has 8 heteroatoms. The maximum Gasteiger partial charge on any atom is 0.257 e. The van der Waals surface area contributed by atoms with E-state index in [4.69, 9.17) is 11.6 Å². The molecule has 0 spiro atoms. The van der Waals surface area contributed by atoms with E-state index in [2.05, 4.69) is 19.9 Å². The number of aromatic nitrogens is 5. The molecule has 122 valence electrons. The van der Waals surface area contributed by atoms with Gasteiger partial charge in [0.2, 0.25) is 0 Å². The Kier molecular flexibility index (Phi) is 3.72. The summed E-state index contributed by atoms with van der Waals surface area (Å²) in [7, 11) is 0. The molecule has 2 aliphatic carbocycles. The Morgan fingerprint density at radius 1 is 1.26 bits per heavy atom. The first-order valence-electron chi connectivity index (χ1n) is 7.88. The average Bonchev–Trinajstić information content (AvgIpc) is 3.46. The van der Waals surface area contributed by atoms with E-state index in [9.17, 15) is 4.79 Å². The zero-order valence-corrected chi connectivity index (χ0v) is 14.7. The molecular weight excluding hydrogens is 334 g/mol. The van der Waals surface area contributed by atoms with Crippen LogP contribution in [0.4, 0.5) is 0 Å². The number of nitrogens with zero attached hydrogens (tertiary/aromatic N) is 5.